The minimum absolute atomic E-state index is 0.294. The Labute approximate surface area is 87.3 Å². The average Bonchev–Trinajstić information content (AvgIpc) is 2.66. The zero-order valence-electron chi connectivity index (χ0n) is 8.70. The minimum Gasteiger partial charge on any atom is -0.462 e. The van der Waals surface area contributed by atoms with Crippen LogP contribution in [0.4, 0.5) is 0 Å². The molecule has 1 heterocycles. The molecule has 0 saturated carbocycles. The Morgan fingerprint density at radius 3 is 3.07 bits per heavy atom. The highest BCUT2D eigenvalue weighted by Gasteiger charge is 2.10. The molecule has 4 nitrogen and oxygen atoms in total. The van der Waals surface area contributed by atoms with Gasteiger partial charge in [-0.2, -0.15) is 0 Å². The van der Waals surface area contributed by atoms with Gasteiger partial charge < -0.3 is 9.72 Å². The molecule has 1 N–H and O–H groups in total. The van der Waals surface area contributed by atoms with E-state index in [2.05, 4.69) is 9.97 Å². The van der Waals surface area contributed by atoms with E-state index in [4.69, 9.17) is 4.74 Å². The number of carbonyl (C=O) groups excluding carboxylic acids is 1. The van der Waals surface area contributed by atoms with Crippen molar-refractivity contribution in [1.29, 1.82) is 0 Å². The zero-order valence-corrected chi connectivity index (χ0v) is 8.70. The Kier molecular flexibility index (Phi) is 2.41. The van der Waals surface area contributed by atoms with E-state index >= 15 is 0 Å². The highest BCUT2D eigenvalue weighted by molar-refractivity contribution is 5.94. The van der Waals surface area contributed by atoms with Crippen molar-refractivity contribution in [3.05, 3.63) is 29.6 Å². The summed E-state index contributed by atoms with van der Waals surface area (Å²) in [6, 6.07) is 3.55. The molecule has 1 aromatic carbocycles. The quantitative estimate of drug-likeness (QED) is 0.761. The number of fused-ring (bicyclic) bond motifs is 1. The van der Waals surface area contributed by atoms with Crippen LogP contribution in [0.1, 0.15) is 22.8 Å². The maximum Gasteiger partial charge on any atom is 0.338 e. The van der Waals surface area contributed by atoms with Crippen molar-refractivity contribution < 1.29 is 9.53 Å². The fraction of sp³-hybridized carbons (Fsp3) is 0.273. The van der Waals surface area contributed by atoms with Crippen LogP contribution in [0.3, 0.4) is 0 Å². The number of carbonyl (C=O) groups is 1. The second kappa shape index (κ2) is 3.73. The number of hydrogen-bond donors (Lipinski definition) is 1. The first-order valence-electron chi connectivity index (χ1n) is 4.83. The smallest absolute Gasteiger partial charge is 0.338 e. The van der Waals surface area contributed by atoms with Gasteiger partial charge in [-0.1, -0.05) is 0 Å². The first kappa shape index (κ1) is 9.71. The summed E-state index contributed by atoms with van der Waals surface area (Å²) in [5, 5.41) is 0. The first-order valence-corrected chi connectivity index (χ1v) is 4.83. The summed E-state index contributed by atoms with van der Waals surface area (Å²) < 4.78 is 4.94. The highest BCUT2D eigenvalue weighted by Crippen LogP contribution is 2.17. The van der Waals surface area contributed by atoms with Crippen LogP contribution in [0.25, 0.3) is 11.0 Å². The van der Waals surface area contributed by atoms with E-state index < -0.39 is 0 Å². The van der Waals surface area contributed by atoms with Gasteiger partial charge in [0.25, 0.3) is 0 Å². The lowest BCUT2D eigenvalue weighted by atomic mass is 10.1. The molecule has 1 aromatic heterocycles. The molecule has 0 fully saturated rings. The number of aryl methyl sites for hydroxylation is 1. The lowest BCUT2D eigenvalue weighted by Gasteiger charge is -2.03. The van der Waals surface area contributed by atoms with Crippen LogP contribution in [0.5, 0.6) is 0 Å². The second-order valence-electron chi connectivity index (χ2n) is 3.31. The van der Waals surface area contributed by atoms with Crippen molar-refractivity contribution in [2.75, 3.05) is 6.61 Å². The van der Waals surface area contributed by atoms with Crippen LogP contribution in [0.2, 0.25) is 0 Å². The van der Waals surface area contributed by atoms with Crippen molar-refractivity contribution >= 4 is 17.0 Å². The number of H-pyrrole nitrogens is 1. The van der Waals surface area contributed by atoms with E-state index in [-0.39, 0.29) is 5.97 Å². The third kappa shape index (κ3) is 1.70. The number of benzene rings is 1. The summed E-state index contributed by atoms with van der Waals surface area (Å²) in [5.41, 5.74) is 3.28. The molecule has 0 amide bonds. The molecule has 0 aliphatic heterocycles. The number of aromatic amines is 1. The van der Waals surface area contributed by atoms with Gasteiger partial charge in [0.1, 0.15) is 0 Å². The van der Waals surface area contributed by atoms with Crippen LogP contribution >= 0.6 is 0 Å². The summed E-state index contributed by atoms with van der Waals surface area (Å²) >= 11 is 0. The number of hydrogen-bond acceptors (Lipinski definition) is 3. The Bertz CT molecular complexity index is 502. The van der Waals surface area contributed by atoms with E-state index in [9.17, 15) is 4.79 Å². The maximum absolute atomic E-state index is 11.5. The number of imidazole rings is 1. The lowest BCUT2D eigenvalue weighted by molar-refractivity contribution is 0.0526. The third-order valence-corrected chi connectivity index (χ3v) is 2.23. The third-order valence-electron chi connectivity index (χ3n) is 2.23. The van der Waals surface area contributed by atoms with Gasteiger partial charge in [0.05, 0.1) is 29.5 Å². The Morgan fingerprint density at radius 1 is 1.53 bits per heavy atom. The van der Waals surface area contributed by atoms with Crippen molar-refractivity contribution in [3.63, 3.8) is 0 Å². The molecule has 2 rings (SSSR count). The fourth-order valence-corrected chi connectivity index (χ4v) is 1.56. The van der Waals surface area contributed by atoms with Crippen molar-refractivity contribution in [1.82, 2.24) is 9.97 Å². The number of ether oxygens (including phenoxy) is 1. The monoisotopic (exact) mass is 204 g/mol. The molecule has 0 bridgehead atoms. The van der Waals surface area contributed by atoms with Gasteiger partial charge >= 0.3 is 5.97 Å². The zero-order chi connectivity index (χ0) is 10.8. The molecule has 4 heteroatoms. The number of aromatic nitrogens is 2. The van der Waals surface area contributed by atoms with Gasteiger partial charge in [0, 0.05) is 0 Å². The number of rotatable bonds is 2. The topological polar surface area (TPSA) is 55.0 Å². The summed E-state index contributed by atoms with van der Waals surface area (Å²) in [6.07, 6.45) is 1.62. The van der Waals surface area contributed by atoms with Crippen LogP contribution in [-0.2, 0) is 4.74 Å². The van der Waals surface area contributed by atoms with Crippen LogP contribution in [0.15, 0.2) is 18.5 Å². The number of nitrogens with one attached hydrogen (secondary N) is 1. The van der Waals surface area contributed by atoms with Gasteiger partial charge in [0.2, 0.25) is 0 Å². The number of esters is 1. The van der Waals surface area contributed by atoms with Crippen LogP contribution in [-0.4, -0.2) is 22.5 Å². The molecule has 0 unspecified atom stereocenters. The maximum atomic E-state index is 11.5. The molecule has 0 radical (unpaired) electrons. The average molecular weight is 204 g/mol. The highest BCUT2D eigenvalue weighted by atomic mass is 16.5. The first-order chi connectivity index (χ1) is 7.22. The fourth-order valence-electron chi connectivity index (χ4n) is 1.56. The summed E-state index contributed by atoms with van der Waals surface area (Å²) in [6.45, 7) is 4.10. The summed E-state index contributed by atoms with van der Waals surface area (Å²) in [4.78, 5) is 18.6. The van der Waals surface area contributed by atoms with Gasteiger partial charge in [-0.25, -0.2) is 9.78 Å². The SMILES string of the molecule is CCOC(=O)c1cc(C)c2nc[nH]c2c1. The molecule has 15 heavy (non-hydrogen) atoms. The number of nitrogens with zero attached hydrogens (tertiary/aromatic N) is 1. The summed E-state index contributed by atoms with van der Waals surface area (Å²) in [7, 11) is 0. The standard InChI is InChI=1S/C11H12N2O2/c1-3-15-11(14)8-4-7(2)10-9(5-8)12-6-13-10/h4-6H,3H2,1-2H3,(H,12,13). The molecule has 0 aliphatic carbocycles. The Morgan fingerprint density at radius 2 is 2.33 bits per heavy atom. The van der Waals surface area contributed by atoms with Gasteiger partial charge in [-0.15, -0.1) is 0 Å². The van der Waals surface area contributed by atoms with Gasteiger partial charge in [0.15, 0.2) is 0 Å². The normalized spacial score (nSPS) is 10.5. The van der Waals surface area contributed by atoms with Crippen LogP contribution in [0, 0.1) is 6.92 Å². The van der Waals surface area contributed by atoms with E-state index in [0.29, 0.717) is 12.2 Å². The van der Waals surface area contributed by atoms with Gasteiger partial charge in [-0.3, -0.25) is 0 Å². The minimum atomic E-state index is -0.294. The van der Waals surface area contributed by atoms with E-state index in [1.54, 1.807) is 25.4 Å². The van der Waals surface area contributed by atoms with Crippen molar-refractivity contribution in [2.24, 2.45) is 0 Å². The molecule has 0 saturated heterocycles. The van der Waals surface area contributed by atoms with Crippen molar-refractivity contribution in [2.45, 2.75) is 13.8 Å². The molecule has 0 aliphatic rings. The lowest BCUT2D eigenvalue weighted by Crippen LogP contribution is -2.04. The predicted octanol–water partition coefficient (Wildman–Crippen LogP) is 2.05. The van der Waals surface area contributed by atoms with E-state index in [0.717, 1.165) is 16.6 Å². The van der Waals surface area contributed by atoms with Gasteiger partial charge in [-0.05, 0) is 31.5 Å². The largest absolute Gasteiger partial charge is 0.462 e. The van der Waals surface area contributed by atoms with E-state index in [1.807, 2.05) is 6.92 Å². The molecule has 78 valence electrons. The Hall–Kier alpha value is -1.84. The molecule has 0 atom stereocenters. The second-order valence-corrected chi connectivity index (χ2v) is 3.31. The molecular formula is C11H12N2O2. The molecule has 0 spiro atoms. The predicted molar refractivity (Wildman–Crippen MR) is 56.8 cm³/mol. The van der Waals surface area contributed by atoms with E-state index in [1.165, 1.54) is 0 Å². The van der Waals surface area contributed by atoms with Crippen LogP contribution < -0.4 is 0 Å². The Balaban J connectivity index is 2.49. The van der Waals surface area contributed by atoms with Crippen molar-refractivity contribution in [3.8, 4) is 0 Å². The molecule has 2 aromatic rings. The molecular weight excluding hydrogens is 192 g/mol. The summed E-state index contributed by atoms with van der Waals surface area (Å²) in [5.74, 6) is -0.294.